The minimum atomic E-state index is -0.247. The SMILES string of the molecule is CC(C)[C@H]1CC[C@H](C)C[C@@H]1Oc1cc(F)ccc1Br. The summed E-state index contributed by atoms with van der Waals surface area (Å²) >= 11 is 3.44. The van der Waals surface area contributed by atoms with Gasteiger partial charge in [-0.1, -0.05) is 27.2 Å². The van der Waals surface area contributed by atoms with Crippen LogP contribution in [0.4, 0.5) is 4.39 Å². The molecule has 1 aromatic carbocycles. The zero-order chi connectivity index (χ0) is 14.0. The highest BCUT2D eigenvalue weighted by molar-refractivity contribution is 9.10. The number of rotatable bonds is 3. The van der Waals surface area contributed by atoms with Gasteiger partial charge in [0.2, 0.25) is 0 Å². The summed E-state index contributed by atoms with van der Waals surface area (Å²) in [6.45, 7) is 6.77. The fraction of sp³-hybridized carbons (Fsp3) is 0.625. The zero-order valence-corrected chi connectivity index (χ0v) is 13.4. The molecule has 1 aromatic rings. The van der Waals surface area contributed by atoms with E-state index < -0.39 is 0 Å². The van der Waals surface area contributed by atoms with Crippen LogP contribution >= 0.6 is 15.9 Å². The minimum absolute atomic E-state index is 0.196. The zero-order valence-electron chi connectivity index (χ0n) is 11.8. The van der Waals surface area contributed by atoms with Crippen molar-refractivity contribution in [3.05, 3.63) is 28.5 Å². The fourth-order valence-electron chi connectivity index (χ4n) is 2.98. The van der Waals surface area contributed by atoms with E-state index in [0.29, 0.717) is 23.5 Å². The molecule has 0 heterocycles. The third kappa shape index (κ3) is 3.71. The second-order valence-corrected chi connectivity index (χ2v) is 6.91. The second-order valence-electron chi connectivity index (χ2n) is 6.06. The first-order chi connectivity index (χ1) is 8.97. The standard InChI is InChI=1S/C16H22BrFO/c1-10(2)13-6-4-11(3)8-15(13)19-16-9-12(18)5-7-14(16)17/h5,7,9-11,13,15H,4,6,8H2,1-3H3/t11-,13+,15-/m0/s1. The first-order valence-corrected chi connectivity index (χ1v) is 7.88. The van der Waals surface area contributed by atoms with Crippen LogP contribution in [0.3, 0.4) is 0 Å². The Bertz CT molecular complexity index is 433. The van der Waals surface area contributed by atoms with Crippen molar-refractivity contribution >= 4 is 15.9 Å². The highest BCUT2D eigenvalue weighted by Gasteiger charge is 2.32. The van der Waals surface area contributed by atoms with Crippen molar-refractivity contribution in [2.24, 2.45) is 17.8 Å². The Morgan fingerprint density at radius 1 is 1.32 bits per heavy atom. The Hall–Kier alpha value is -0.570. The van der Waals surface area contributed by atoms with Gasteiger partial charge in [0.1, 0.15) is 17.7 Å². The van der Waals surface area contributed by atoms with E-state index >= 15 is 0 Å². The molecule has 1 aliphatic rings. The predicted molar refractivity (Wildman–Crippen MR) is 79.9 cm³/mol. The maximum Gasteiger partial charge on any atom is 0.136 e. The van der Waals surface area contributed by atoms with Crippen molar-refractivity contribution in [1.82, 2.24) is 0 Å². The van der Waals surface area contributed by atoms with E-state index in [4.69, 9.17) is 4.74 Å². The first-order valence-electron chi connectivity index (χ1n) is 7.09. The lowest BCUT2D eigenvalue weighted by Gasteiger charge is -2.37. The van der Waals surface area contributed by atoms with Crippen LogP contribution in [0.5, 0.6) is 5.75 Å². The first kappa shape index (κ1) is 14.8. The monoisotopic (exact) mass is 328 g/mol. The number of ether oxygens (including phenoxy) is 1. The summed E-state index contributed by atoms with van der Waals surface area (Å²) < 4.78 is 20.3. The van der Waals surface area contributed by atoms with Gasteiger partial charge in [0.25, 0.3) is 0 Å². The Labute approximate surface area is 123 Å². The lowest BCUT2D eigenvalue weighted by Crippen LogP contribution is -2.36. The molecule has 106 valence electrons. The topological polar surface area (TPSA) is 9.23 Å². The van der Waals surface area contributed by atoms with Crippen molar-refractivity contribution < 1.29 is 9.13 Å². The second kappa shape index (κ2) is 6.25. The smallest absolute Gasteiger partial charge is 0.136 e. The van der Waals surface area contributed by atoms with E-state index in [9.17, 15) is 4.39 Å². The van der Waals surface area contributed by atoms with Gasteiger partial charge < -0.3 is 4.74 Å². The molecule has 19 heavy (non-hydrogen) atoms. The van der Waals surface area contributed by atoms with Gasteiger partial charge >= 0.3 is 0 Å². The molecule has 0 unspecified atom stereocenters. The molecule has 0 aromatic heterocycles. The molecule has 0 spiro atoms. The molecule has 1 aliphatic carbocycles. The summed E-state index contributed by atoms with van der Waals surface area (Å²) in [5.41, 5.74) is 0. The number of hydrogen-bond donors (Lipinski definition) is 0. The van der Waals surface area contributed by atoms with Crippen molar-refractivity contribution in [3.63, 3.8) is 0 Å². The predicted octanol–water partition coefficient (Wildman–Crippen LogP) is 5.43. The van der Waals surface area contributed by atoms with Crippen molar-refractivity contribution in [3.8, 4) is 5.75 Å². The summed E-state index contributed by atoms with van der Waals surface area (Å²) in [6, 6.07) is 4.63. The van der Waals surface area contributed by atoms with Crippen molar-refractivity contribution in [2.45, 2.75) is 46.1 Å². The molecule has 0 amide bonds. The maximum absolute atomic E-state index is 13.3. The largest absolute Gasteiger partial charge is 0.489 e. The van der Waals surface area contributed by atoms with E-state index in [1.807, 2.05) is 0 Å². The number of hydrogen-bond acceptors (Lipinski definition) is 1. The molecule has 0 saturated heterocycles. The molecule has 1 fully saturated rings. The highest BCUT2D eigenvalue weighted by atomic mass is 79.9. The minimum Gasteiger partial charge on any atom is -0.489 e. The van der Waals surface area contributed by atoms with E-state index in [1.165, 1.54) is 25.0 Å². The van der Waals surface area contributed by atoms with Crippen LogP contribution in [-0.4, -0.2) is 6.10 Å². The molecule has 0 radical (unpaired) electrons. The summed E-state index contributed by atoms with van der Waals surface area (Å²) in [6.07, 6.45) is 3.73. The summed E-state index contributed by atoms with van der Waals surface area (Å²) in [7, 11) is 0. The molecule has 2 rings (SSSR count). The lowest BCUT2D eigenvalue weighted by atomic mass is 9.75. The van der Waals surface area contributed by atoms with E-state index in [1.54, 1.807) is 6.07 Å². The van der Waals surface area contributed by atoms with Crippen LogP contribution in [-0.2, 0) is 0 Å². The molecular formula is C16H22BrFO. The Morgan fingerprint density at radius 2 is 2.05 bits per heavy atom. The third-order valence-corrected chi connectivity index (χ3v) is 4.79. The van der Waals surface area contributed by atoms with Gasteiger partial charge in [-0.05, 0) is 58.7 Å². The lowest BCUT2D eigenvalue weighted by molar-refractivity contribution is 0.0452. The van der Waals surface area contributed by atoms with E-state index in [-0.39, 0.29) is 11.9 Å². The highest BCUT2D eigenvalue weighted by Crippen LogP contribution is 2.37. The molecular weight excluding hydrogens is 307 g/mol. The molecule has 3 heteroatoms. The van der Waals surface area contributed by atoms with Crippen LogP contribution in [0, 0.1) is 23.6 Å². The van der Waals surface area contributed by atoms with Crippen molar-refractivity contribution in [2.75, 3.05) is 0 Å². The van der Waals surface area contributed by atoms with Gasteiger partial charge in [0.05, 0.1) is 4.47 Å². The quantitative estimate of drug-likeness (QED) is 0.719. The van der Waals surface area contributed by atoms with Gasteiger partial charge in [-0.15, -0.1) is 0 Å². The average Bonchev–Trinajstić information content (AvgIpc) is 2.33. The van der Waals surface area contributed by atoms with Crippen LogP contribution in [0.2, 0.25) is 0 Å². The normalized spacial score (nSPS) is 27.6. The van der Waals surface area contributed by atoms with Crippen molar-refractivity contribution in [1.29, 1.82) is 0 Å². The molecule has 0 aliphatic heterocycles. The Kier molecular flexibility index (Phi) is 4.88. The van der Waals surface area contributed by atoms with Gasteiger partial charge in [0, 0.05) is 6.07 Å². The van der Waals surface area contributed by atoms with Crippen LogP contribution in [0.25, 0.3) is 0 Å². The molecule has 1 nitrogen and oxygen atoms in total. The fourth-order valence-corrected chi connectivity index (χ4v) is 3.32. The van der Waals surface area contributed by atoms with Gasteiger partial charge in [0.15, 0.2) is 0 Å². The summed E-state index contributed by atoms with van der Waals surface area (Å²) in [5.74, 6) is 2.23. The van der Waals surface area contributed by atoms with Gasteiger partial charge in [-0.3, -0.25) is 0 Å². The third-order valence-electron chi connectivity index (χ3n) is 4.13. The Morgan fingerprint density at radius 3 is 2.74 bits per heavy atom. The maximum atomic E-state index is 13.3. The molecule has 3 atom stereocenters. The number of benzene rings is 1. The van der Waals surface area contributed by atoms with E-state index in [0.717, 1.165) is 10.9 Å². The van der Waals surface area contributed by atoms with Crippen LogP contribution in [0.15, 0.2) is 22.7 Å². The Balaban J connectivity index is 2.16. The summed E-state index contributed by atoms with van der Waals surface area (Å²) in [4.78, 5) is 0. The van der Waals surface area contributed by atoms with E-state index in [2.05, 4.69) is 36.7 Å². The molecule has 0 bridgehead atoms. The number of halogens is 2. The molecule has 0 N–H and O–H groups in total. The molecule has 1 saturated carbocycles. The van der Waals surface area contributed by atoms with Crippen LogP contribution < -0.4 is 4.74 Å². The van der Waals surface area contributed by atoms with Gasteiger partial charge in [-0.25, -0.2) is 4.39 Å². The average molecular weight is 329 g/mol. The van der Waals surface area contributed by atoms with Gasteiger partial charge in [-0.2, -0.15) is 0 Å². The van der Waals surface area contributed by atoms with Crippen LogP contribution in [0.1, 0.15) is 40.0 Å². The summed E-state index contributed by atoms with van der Waals surface area (Å²) in [5, 5.41) is 0.